The van der Waals surface area contributed by atoms with Gasteiger partial charge in [0.15, 0.2) is 5.96 Å². The first kappa shape index (κ1) is 20.7. The van der Waals surface area contributed by atoms with Crippen molar-refractivity contribution >= 4 is 41.7 Å². The van der Waals surface area contributed by atoms with E-state index in [-0.39, 0.29) is 24.0 Å². The minimum absolute atomic E-state index is 0. The summed E-state index contributed by atoms with van der Waals surface area (Å²) in [5.74, 6) is 4.06. The van der Waals surface area contributed by atoms with E-state index in [1.54, 1.807) is 0 Å². The third kappa shape index (κ3) is 6.57. The Labute approximate surface area is 161 Å². The first-order chi connectivity index (χ1) is 10.6. The maximum absolute atomic E-state index is 5.57. The normalized spacial score (nSPS) is 21.1. The van der Waals surface area contributed by atoms with Crippen molar-refractivity contribution in [2.24, 2.45) is 4.99 Å². The molecule has 1 fully saturated rings. The van der Waals surface area contributed by atoms with Crippen molar-refractivity contribution in [1.29, 1.82) is 0 Å². The Kier molecular flexibility index (Phi) is 9.43. The fraction of sp³-hybridized carbons (Fsp3) is 0.706. The summed E-state index contributed by atoms with van der Waals surface area (Å²) < 4.78 is 5.57. The van der Waals surface area contributed by atoms with E-state index in [4.69, 9.17) is 9.41 Å². The van der Waals surface area contributed by atoms with Crippen LogP contribution in [0.1, 0.15) is 50.2 Å². The zero-order valence-corrected chi connectivity index (χ0v) is 17.8. The number of aliphatic imine (C=N–C) groups is 1. The summed E-state index contributed by atoms with van der Waals surface area (Å²) in [4.78, 5) is 4.72. The molecule has 1 aliphatic rings. The van der Waals surface area contributed by atoms with Crippen LogP contribution in [0.5, 0.6) is 0 Å². The lowest BCUT2D eigenvalue weighted by Gasteiger charge is -2.17. The molecule has 1 aromatic rings. The molecular weight excluding hydrogens is 421 g/mol. The van der Waals surface area contributed by atoms with Crippen LogP contribution >= 0.6 is 35.7 Å². The van der Waals surface area contributed by atoms with E-state index in [0.717, 1.165) is 29.3 Å². The minimum Gasteiger partial charge on any atom is -0.466 e. The fourth-order valence-corrected chi connectivity index (χ4v) is 4.12. The highest BCUT2D eigenvalue weighted by Gasteiger charge is 2.25. The summed E-state index contributed by atoms with van der Waals surface area (Å²) in [7, 11) is 0. The summed E-state index contributed by atoms with van der Waals surface area (Å²) in [5.41, 5.74) is 1.17. The summed E-state index contributed by atoms with van der Waals surface area (Å²) in [6.07, 6.45) is 3.80. The number of furan rings is 1. The van der Waals surface area contributed by atoms with Crippen molar-refractivity contribution in [2.45, 2.75) is 64.8 Å². The van der Waals surface area contributed by atoms with Gasteiger partial charge in [0.2, 0.25) is 0 Å². The molecule has 6 heteroatoms. The van der Waals surface area contributed by atoms with Crippen LogP contribution in [-0.2, 0) is 6.54 Å². The predicted octanol–water partition coefficient (Wildman–Crippen LogP) is 4.24. The standard InChI is InChI=1S/C17H29N3OS.HI/c1-5-18-17(19-11-14-9-12(3)21-13(14)4)20-15-7-8-16(10-15)22-6-2;/h9,15-16H,5-8,10-11H2,1-4H3,(H2,18,19,20);1H. The second-order valence-electron chi connectivity index (χ2n) is 5.87. The van der Waals surface area contributed by atoms with E-state index in [1.807, 2.05) is 13.8 Å². The van der Waals surface area contributed by atoms with E-state index >= 15 is 0 Å². The first-order valence-corrected chi connectivity index (χ1v) is 9.39. The van der Waals surface area contributed by atoms with Crippen LogP contribution < -0.4 is 10.6 Å². The fourth-order valence-electron chi connectivity index (χ4n) is 2.98. The van der Waals surface area contributed by atoms with E-state index in [1.165, 1.54) is 30.6 Å². The van der Waals surface area contributed by atoms with E-state index in [2.05, 4.69) is 42.3 Å². The SMILES string of the molecule is CCNC(=NCc1cc(C)oc1C)NC1CCC(SCC)C1.I. The number of thioether (sulfide) groups is 1. The van der Waals surface area contributed by atoms with Crippen molar-refractivity contribution in [3.63, 3.8) is 0 Å². The van der Waals surface area contributed by atoms with Gasteiger partial charge in [-0.3, -0.25) is 0 Å². The second-order valence-corrected chi connectivity index (χ2v) is 7.44. The molecule has 4 nitrogen and oxygen atoms in total. The molecule has 1 saturated carbocycles. The van der Waals surface area contributed by atoms with Crippen LogP contribution in [0.25, 0.3) is 0 Å². The van der Waals surface area contributed by atoms with Gasteiger partial charge in [-0.05, 0) is 51.9 Å². The molecule has 1 heterocycles. The lowest BCUT2D eigenvalue weighted by Crippen LogP contribution is -2.42. The van der Waals surface area contributed by atoms with Crippen molar-refractivity contribution in [3.05, 3.63) is 23.2 Å². The van der Waals surface area contributed by atoms with Crippen LogP contribution in [-0.4, -0.2) is 29.5 Å². The number of hydrogen-bond donors (Lipinski definition) is 2. The van der Waals surface area contributed by atoms with Crippen LogP contribution in [0.4, 0.5) is 0 Å². The molecule has 0 radical (unpaired) electrons. The van der Waals surface area contributed by atoms with Gasteiger partial charge in [-0.1, -0.05) is 6.92 Å². The summed E-state index contributed by atoms with van der Waals surface area (Å²) in [6, 6.07) is 2.63. The largest absolute Gasteiger partial charge is 0.466 e. The molecule has 2 unspecified atom stereocenters. The van der Waals surface area contributed by atoms with Crippen molar-refractivity contribution < 1.29 is 4.42 Å². The Morgan fingerprint density at radius 3 is 2.74 bits per heavy atom. The third-order valence-electron chi connectivity index (χ3n) is 4.02. The van der Waals surface area contributed by atoms with Crippen LogP contribution in [0.3, 0.4) is 0 Å². The van der Waals surface area contributed by atoms with Gasteiger partial charge in [0.05, 0.1) is 6.54 Å². The van der Waals surface area contributed by atoms with Crippen LogP contribution in [0.2, 0.25) is 0 Å². The number of halogens is 1. The Bertz CT molecular complexity index is 504. The van der Waals surface area contributed by atoms with Gasteiger partial charge in [0, 0.05) is 23.4 Å². The van der Waals surface area contributed by atoms with Crippen molar-refractivity contribution in [1.82, 2.24) is 10.6 Å². The topological polar surface area (TPSA) is 49.6 Å². The molecule has 23 heavy (non-hydrogen) atoms. The van der Waals surface area contributed by atoms with E-state index in [0.29, 0.717) is 12.6 Å². The van der Waals surface area contributed by atoms with E-state index in [9.17, 15) is 0 Å². The van der Waals surface area contributed by atoms with E-state index < -0.39 is 0 Å². The van der Waals surface area contributed by atoms with Gasteiger partial charge < -0.3 is 15.1 Å². The maximum atomic E-state index is 5.57. The predicted molar refractivity (Wildman–Crippen MR) is 111 cm³/mol. The molecule has 0 amide bonds. The number of guanidine groups is 1. The molecule has 0 spiro atoms. The highest BCUT2D eigenvalue weighted by Crippen LogP contribution is 2.29. The quantitative estimate of drug-likeness (QED) is 0.386. The molecule has 2 N–H and O–H groups in total. The van der Waals surface area contributed by atoms with Gasteiger partial charge in [0.25, 0.3) is 0 Å². The molecule has 0 bridgehead atoms. The number of aryl methyl sites for hydroxylation is 2. The highest BCUT2D eigenvalue weighted by molar-refractivity contribution is 14.0. The Morgan fingerprint density at radius 1 is 1.35 bits per heavy atom. The van der Waals surface area contributed by atoms with Gasteiger partial charge in [-0.2, -0.15) is 11.8 Å². The lowest BCUT2D eigenvalue weighted by molar-refractivity contribution is 0.501. The average molecular weight is 451 g/mol. The molecule has 0 saturated heterocycles. The van der Waals surface area contributed by atoms with Crippen LogP contribution in [0.15, 0.2) is 15.5 Å². The molecule has 0 aliphatic heterocycles. The molecular formula is C17H30IN3OS. The summed E-state index contributed by atoms with van der Waals surface area (Å²) >= 11 is 2.09. The van der Waals surface area contributed by atoms with Gasteiger partial charge in [-0.25, -0.2) is 4.99 Å². The minimum atomic E-state index is 0. The van der Waals surface area contributed by atoms with Crippen molar-refractivity contribution in [2.75, 3.05) is 12.3 Å². The van der Waals surface area contributed by atoms with Gasteiger partial charge in [0.1, 0.15) is 11.5 Å². The smallest absolute Gasteiger partial charge is 0.191 e. The molecule has 2 rings (SSSR count). The summed E-state index contributed by atoms with van der Waals surface area (Å²) in [5, 5.41) is 7.76. The number of nitrogens with zero attached hydrogens (tertiary/aromatic N) is 1. The molecule has 0 aromatic carbocycles. The number of nitrogens with one attached hydrogen (secondary N) is 2. The number of hydrogen-bond acceptors (Lipinski definition) is 3. The number of rotatable bonds is 6. The van der Waals surface area contributed by atoms with Crippen LogP contribution in [0, 0.1) is 13.8 Å². The Morgan fingerprint density at radius 2 is 2.13 bits per heavy atom. The zero-order valence-electron chi connectivity index (χ0n) is 14.6. The van der Waals surface area contributed by atoms with Gasteiger partial charge >= 0.3 is 0 Å². The maximum Gasteiger partial charge on any atom is 0.191 e. The average Bonchev–Trinajstić information content (AvgIpc) is 3.03. The zero-order chi connectivity index (χ0) is 15.9. The molecule has 2 atom stereocenters. The second kappa shape index (κ2) is 10.5. The molecule has 1 aromatic heterocycles. The third-order valence-corrected chi connectivity index (χ3v) is 5.26. The summed E-state index contributed by atoms with van der Waals surface area (Å²) in [6.45, 7) is 9.88. The highest BCUT2D eigenvalue weighted by atomic mass is 127. The first-order valence-electron chi connectivity index (χ1n) is 8.34. The van der Waals surface area contributed by atoms with Gasteiger partial charge in [-0.15, -0.1) is 24.0 Å². The van der Waals surface area contributed by atoms with Crippen molar-refractivity contribution in [3.8, 4) is 0 Å². The monoisotopic (exact) mass is 451 g/mol. The Balaban J connectivity index is 0.00000264. The Hall–Kier alpha value is -0.370. The molecule has 132 valence electrons. The lowest BCUT2D eigenvalue weighted by atomic mass is 10.2. The molecule has 1 aliphatic carbocycles.